The van der Waals surface area contributed by atoms with Crippen LogP contribution in [0.5, 0.6) is 0 Å². The first kappa shape index (κ1) is 23.5. The van der Waals surface area contributed by atoms with Crippen LogP contribution in [0.2, 0.25) is 0 Å². The van der Waals surface area contributed by atoms with Crippen molar-refractivity contribution in [3.05, 3.63) is 52.8 Å². The number of piperazine rings is 1. The summed E-state index contributed by atoms with van der Waals surface area (Å²) in [5.41, 5.74) is 3.07. The molecule has 0 spiro atoms. The fourth-order valence-electron chi connectivity index (χ4n) is 4.34. The van der Waals surface area contributed by atoms with E-state index in [9.17, 15) is 14.0 Å². The van der Waals surface area contributed by atoms with E-state index in [0.717, 1.165) is 16.5 Å². The van der Waals surface area contributed by atoms with Crippen LogP contribution in [0.1, 0.15) is 43.2 Å². The molecule has 2 aromatic heterocycles. The largest absolute Gasteiger partial charge is 0.364 e. The molecule has 3 heterocycles. The topological polar surface area (TPSA) is 91.3 Å². The van der Waals surface area contributed by atoms with E-state index >= 15 is 0 Å². The van der Waals surface area contributed by atoms with Crippen molar-refractivity contribution >= 4 is 34.2 Å². The van der Waals surface area contributed by atoms with Gasteiger partial charge in [0.15, 0.2) is 5.82 Å². The van der Waals surface area contributed by atoms with Gasteiger partial charge in [0.25, 0.3) is 0 Å². The number of carbonyl (C=O) groups is 2. The summed E-state index contributed by atoms with van der Waals surface area (Å²) in [6.07, 6.45) is 1.65. The Hall–Kier alpha value is -3.62. The van der Waals surface area contributed by atoms with Gasteiger partial charge >= 0.3 is 0 Å². The van der Waals surface area contributed by atoms with Crippen molar-refractivity contribution in [1.82, 2.24) is 20.1 Å². The molecule has 9 heteroatoms. The summed E-state index contributed by atoms with van der Waals surface area (Å²) >= 11 is 0. The zero-order valence-electron chi connectivity index (χ0n) is 20.1. The van der Waals surface area contributed by atoms with Crippen molar-refractivity contribution in [1.29, 1.82) is 0 Å². The number of aromatic nitrogens is 3. The fraction of sp³-hybridized carbons (Fsp3) is 0.400. The van der Waals surface area contributed by atoms with Gasteiger partial charge in [-0.05, 0) is 50.5 Å². The molecule has 0 aliphatic carbocycles. The molecular formula is C25H29FN6O2. The van der Waals surface area contributed by atoms with Gasteiger partial charge < -0.3 is 15.1 Å². The number of alkyl halides is 1. The van der Waals surface area contributed by atoms with Crippen molar-refractivity contribution in [3.63, 3.8) is 0 Å². The van der Waals surface area contributed by atoms with Crippen LogP contribution in [0.25, 0.3) is 10.9 Å². The summed E-state index contributed by atoms with van der Waals surface area (Å²) in [5, 5.41) is 12.6. The molecule has 0 bridgehead atoms. The molecule has 0 radical (unpaired) electrons. The minimum atomic E-state index is -1.44. The average Bonchev–Trinajstić information content (AvgIpc) is 2.78. The maximum atomic E-state index is 14.6. The normalized spacial score (nSPS) is 14.6. The predicted octanol–water partition coefficient (Wildman–Crippen LogP) is 3.65. The number of carbonyl (C=O) groups excluding carboxylic acids is 2. The monoisotopic (exact) mass is 464 g/mol. The van der Waals surface area contributed by atoms with Gasteiger partial charge in [0.05, 0.1) is 23.1 Å². The van der Waals surface area contributed by atoms with Gasteiger partial charge in [0, 0.05) is 31.9 Å². The summed E-state index contributed by atoms with van der Waals surface area (Å²) in [5.74, 6) is 0.267. The lowest BCUT2D eigenvalue weighted by atomic mass is 9.92. The molecule has 0 unspecified atom stereocenters. The SMILES string of the molecule is CC(=O)N1CCN(c2cnc3c(C)nnc(NCc4cccc(C(C)(C)F)c4C)c3c2)C(=O)C1. The lowest BCUT2D eigenvalue weighted by molar-refractivity contribution is -0.135. The smallest absolute Gasteiger partial charge is 0.246 e. The lowest BCUT2D eigenvalue weighted by Crippen LogP contribution is -2.51. The van der Waals surface area contributed by atoms with Crippen molar-refractivity contribution < 1.29 is 14.0 Å². The van der Waals surface area contributed by atoms with Crippen LogP contribution in [0.15, 0.2) is 30.5 Å². The van der Waals surface area contributed by atoms with Crippen LogP contribution in [-0.2, 0) is 21.8 Å². The highest BCUT2D eigenvalue weighted by Crippen LogP contribution is 2.31. The van der Waals surface area contributed by atoms with E-state index in [4.69, 9.17) is 0 Å². The number of pyridine rings is 1. The molecular weight excluding hydrogens is 435 g/mol. The van der Waals surface area contributed by atoms with Gasteiger partial charge in [-0.1, -0.05) is 18.2 Å². The summed E-state index contributed by atoms with van der Waals surface area (Å²) in [6, 6.07) is 7.49. The van der Waals surface area contributed by atoms with Gasteiger partial charge in [-0.3, -0.25) is 14.6 Å². The number of hydrogen-bond acceptors (Lipinski definition) is 6. The highest BCUT2D eigenvalue weighted by molar-refractivity contribution is 6.00. The number of hydrogen-bond donors (Lipinski definition) is 1. The third-order valence-electron chi connectivity index (χ3n) is 6.28. The maximum absolute atomic E-state index is 14.6. The predicted molar refractivity (Wildman–Crippen MR) is 129 cm³/mol. The standard InChI is InChI=1S/C25H29FN6O2/c1-15-18(7-6-8-21(15)25(4,5)26)12-28-24-20-11-19(13-27-23(20)16(2)29-30-24)32-10-9-31(17(3)33)14-22(32)34/h6-8,11,13H,9-10,12,14H2,1-5H3,(H,28,30). The van der Waals surface area contributed by atoms with Crippen LogP contribution in [0, 0.1) is 13.8 Å². The number of halogens is 1. The number of benzene rings is 1. The number of nitrogens with one attached hydrogen (secondary N) is 1. The Labute approximate surface area is 198 Å². The van der Waals surface area contributed by atoms with E-state index in [0.29, 0.717) is 47.9 Å². The zero-order chi connectivity index (χ0) is 24.6. The van der Waals surface area contributed by atoms with Gasteiger partial charge in [0.1, 0.15) is 12.2 Å². The zero-order valence-corrected chi connectivity index (χ0v) is 20.1. The van der Waals surface area contributed by atoms with Gasteiger partial charge in [-0.2, -0.15) is 5.10 Å². The number of aryl methyl sites for hydroxylation is 1. The molecule has 1 aliphatic heterocycles. The fourth-order valence-corrected chi connectivity index (χ4v) is 4.34. The molecule has 2 amide bonds. The van der Waals surface area contributed by atoms with Crippen LogP contribution in [0.4, 0.5) is 15.9 Å². The third kappa shape index (κ3) is 4.55. The number of nitrogens with zero attached hydrogens (tertiary/aromatic N) is 5. The van der Waals surface area contributed by atoms with Crippen molar-refractivity contribution in [2.45, 2.75) is 46.8 Å². The van der Waals surface area contributed by atoms with Crippen LogP contribution in [0.3, 0.4) is 0 Å². The Bertz CT molecular complexity index is 1270. The second-order valence-electron chi connectivity index (χ2n) is 9.13. The van der Waals surface area contributed by atoms with E-state index in [1.165, 1.54) is 11.8 Å². The Morgan fingerprint density at radius 1 is 1.21 bits per heavy atom. The Morgan fingerprint density at radius 2 is 1.97 bits per heavy atom. The molecule has 34 heavy (non-hydrogen) atoms. The molecule has 1 saturated heterocycles. The first-order chi connectivity index (χ1) is 16.1. The Kier molecular flexibility index (Phi) is 6.20. The van der Waals surface area contributed by atoms with Crippen molar-refractivity contribution in [2.24, 2.45) is 0 Å². The molecule has 178 valence electrons. The molecule has 1 fully saturated rings. The number of rotatable bonds is 5. The van der Waals surface area contributed by atoms with E-state index in [1.54, 1.807) is 31.0 Å². The molecule has 1 aliphatic rings. The van der Waals surface area contributed by atoms with Gasteiger partial charge in [-0.15, -0.1) is 5.10 Å². The second-order valence-corrected chi connectivity index (χ2v) is 9.13. The van der Waals surface area contributed by atoms with E-state index in [1.807, 2.05) is 32.0 Å². The third-order valence-corrected chi connectivity index (χ3v) is 6.28. The first-order valence-corrected chi connectivity index (χ1v) is 11.3. The van der Waals surface area contributed by atoms with Crippen molar-refractivity contribution in [2.75, 3.05) is 29.9 Å². The molecule has 0 saturated carbocycles. The second kappa shape index (κ2) is 8.96. The quantitative estimate of drug-likeness (QED) is 0.620. The van der Waals surface area contributed by atoms with Gasteiger partial charge in [0.2, 0.25) is 11.8 Å². The Balaban J connectivity index is 1.64. The molecule has 0 atom stereocenters. The summed E-state index contributed by atoms with van der Waals surface area (Å²) in [6.45, 7) is 9.67. The first-order valence-electron chi connectivity index (χ1n) is 11.3. The average molecular weight is 465 g/mol. The van der Waals surface area contributed by atoms with Crippen LogP contribution < -0.4 is 10.2 Å². The van der Waals surface area contributed by atoms with Gasteiger partial charge in [-0.25, -0.2) is 4.39 Å². The highest BCUT2D eigenvalue weighted by atomic mass is 19.1. The highest BCUT2D eigenvalue weighted by Gasteiger charge is 2.27. The number of amides is 2. The number of fused-ring (bicyclic) bond motifs is 1. The van der Waals surface area contributed by atoms with Crippen LogP contribution in [-0.4, -0.2) is 51.5 Å². The van der Waals surface area contributed by atoms with E-state index in [2.05, 4.69) is 20.5 Å². The summed E-state index contributed by atoms with van der Waals surface area (Å²) in [4.78, 5) is 32.1. The molecule has 8 nitrogen and oxygen atoms in total. The minimum Gasteiger partial charge on any atom is -0.364 e. The van der Waals surface area contributed by atoms with Crippen LogP contribution >= 0.6 is 0 Å². The molecule has 1 aromatic carbocycles. The van der Waals surface area contributed by atoms with E-state index < -0.39 is 5.67 Å². The molecule has 1 N–H and O–H groups in total. The summed E-state index contributed by atoms with van der Waals surface area (Å²) < 4.78 is 14.6. The molecule has 3 aromatic rings. The summed E-state index contributed by atoms with van der Waals surface area (Å²) in [7, 11) is 0. The lowest BCUT2D eigenvalue weighted by Gasteiger charge is -2.33. The Morgan fingerprint density at radius 3 is 2.65 bits per heavy atom. The number of anilines is 2. The maximum Gasteiger partial charge on any atom is 0.246 e. The van der Waals surface area contributed by atoms with Crippen molar-refractivity contribution in [3.8, 4) is 0 Å². The minimum absolute atomic E-state index is 0.0483. The molecule has 4 rings (SSSR count). The van der Waals surface area contributed by atoms with E-state index in [-0.39, 0.29) is 18.4 Å².